The highest BCUT2D eigenvalue weighted by molar-refractivity contribution is 5.23. The number of rotatable bonds is 0. The van der Waals surface area contributed by atoms with E-state index in [1.165, 1.54) is 10.3 Å². The molecule has 0 bridgehead atoms. The molecule has 2 N–H and O–H groups in total. The third-order valence-corrected chi connectivity index (χ3v) is 1.93. The summed E-state index contributed by atoms with van der Waals surface area (Å²) < 4.78 is 1.20. The smallest absolute Gasteiger partial charge is 0.0737 e. The first-order valence-electron chi connectivity index (χ1n) is 3.47. The van der Waals surface area contributed by atoms with Gasteiger partial charge in [-0.3, -0.25) is 0 Å². The lowest BCUT2D eigenvalue weighted by atomic mass is 10.1. The SMILES string of the molecule is On1ccc2c1CNCC2. The fourth-order valence-electron chi connectivity index (χ4n) is 1.35. The van der Waals surface area contributed by atoms with E-state index >= 15 is 0 Å². The van der Waals surface area contributed by atoms with Crippen molar-refractivity contribution in [3.05, 3.63) is 23.5 Å². The average molecular weight is 138 g/mol. The zero-order valence-corrected chi connectivity index (χ0v) is 5.67. The first-order chi connectivity index (χ1) is 4.88. The van der Waals surface area contributed by atoms with Gasteiger partial charge in [-0.25, -0.2) is 0 Å². The van der Waals surface area contributed by atoms with Crippen molar-refractivity contribution in [1.82, 2.24) is 10.0 Å². The third kappa shape index (κ3) is 0.708. The molecule has 2 rings (SSSR count). The summed E-state index contributed by atoms with van der Waals surface area (Å²) in [7, 11) is 0. The van der Waals surface area contributed by atoms with Gasteiger partial charge in [0.05, 0.1) is 5.69 Å². The van der Waals surface area contributed by atoms with Gasteiger partial charge in [-0.15, -0.1) is 0 Å². The van der Waals surface area contributed by atoms with Crippen molar-refractivity contribution in [2.45, 2.75) is 13.0 Å². The Morgan fingerprint density at radius 1 is 1.60 bits per heavy atom. The van der Waals surface area contributed by atoms with Gasteiger partial charge >= 0.3 is 0 Å². The van der Waals surface area contributed by atoms with Crippen LogP contribution in [0.3, 0.4) is 0 Å². The molecule has 0 spiro atoms. The van der Waals surface area contributed by atoms with Crippen LogP contribution in [0.2, 0.25) is 0 Å². The molecule has 0 radical (unpaired) electrons. The van der Waals surface area contributed by atoms with Crippen LogP contribution in [-0.2, 0) is 13.0 Å². The molecule has 0 saturated heterocycles. The number of hydrogen-bond acceptors (Lipinski definition) is 2. The van der Waals surface area contributed by atoms with E-state index in [0.717, 1.165) is 25.2 Å². The monoisotopic (exact) mass is 138 g/mol. The van der Waals surface area contributed by atoms with Gasteiger partial charge in [0.2, 0.25) is 0 Å². The van der Waals surface area contributed by atoms with Crippen LogP contribution in [0, 0.1) is 0 Å². The number of nitrogens with zero attached hydrogens (tertiary/aromatic N) is 1. The van der Waals surface area contributed by atoms with E-state index in [1.54, 1.807) is 6.20 Å². The van der Waals surface area contributed by atoms with E-state index in [-0.39, 0.29) is 0 Å². The molecule has 0 amide bonds. The highest BCUT2D eigenvalue weighted by atomic mass is 16.5. The minimum atomic E-state index is 0.791. The number of nitrogens with one attached hydrogen (secondary N) is 1. The molecule has 0 saturated carbocycles. The fraction of sp³-hybridized carbons (Fsp3) is 0.429. The molecule has 3 nitrogen and oxygen atoms in total. The van der Waals surface area contributed by atoms with Gasteiger partial charge in [-0.2, -0.15) is 4.73 Å². The zero-order valence-electron chi connectivity index (χ0n) is 5.67. The molecular weight excluding hydrogens is 128 g/mol. The van der Waals surface area contributed by atoms with Crippen LogP contribution >= 0.6 is 0 Å². The Balaban J connectivity index is 2.45. The Morgan fingerprint density at radius 3 is 3.30 bits per heavy atom. The summed E-state index contributed by atoms with van der Waals surface area (Å²) in [6, 6.07) is 1.97. The summed E-state index contributed by atoms with van der Waals surface area (Å²) in [4.78, 5) is 0. The van der Waals surface area contributed by atoms with Gasteiger partial charge in [0.15, 0.2) is 0 Å². The summed E-state index contributed by atoms with van der Waals surface area (Å²) in [6.07, 6.45) is 2.72. The van der Waals surface area contributed by atoms with Crippen LogP contribution < -0.4 is 5.32 Å². The lowest BCUT2D eigenvalue weighted by Gasteiger charge is -2.12. The van der Waals surface area contributed by atoms with E-state index < -0.39 is 0 Å². The average Bonchev–Trinajstić information content (AvgIpc) is 2.34. The van der Waals surface area contributed by atoms with Gasteiger partial charge in [0, 0.05) is 12.7 Å². The maximum absolute atomic E-state index is 9.17. The molecule has 1 aromatic heterocycles. The first-order valence-corrected chi connectivity index (χ1v) is 3.47. The Morgan fingerprint density at radius 2 is 2.50 bits per heavy atom. The molecule has 3 heteroatoms. The summed E-state index contributed by atoms with van der Waals surface area (Å²) in [5.74, 6) is 0. The Labute approximate surface area is 59.2 Å². The second-order valence-electron chi connectivity index (χ2n) is 2.56. The van der Waals surface area contributed by atoms with Gasteiger partial charge in [0.25, 0.3) is 0 Å². The van der Waals surface area contributed by atoms with Gasteiger partial charge < -0.3 is 10.5 Å². The van der Waals surface area contributed by atoms with E-state index in [9.17, 15) is 5.21 Å². The minimum absolute atomic E-state index is 0.791. The highest BCUT2D eigenvalue weighted by Crippen LogP contribution is 2.12. The predicted molar refractivity (Wildman–Crippen MR) is 37.0 cm³/mol. The Hall–Kier alpha value is -0.960. The third-order valence-electron chi connectivity index (χ3n) is 1.93. The van der Waals surface area contributed by atoms with Crippen molar-refractivity contribution in [3.63, 3.8) is 0 Å². The van der Waals surface area contributed by atoms with Crippen molar-refractivity contribution >= 4 is 0 Å². The van der Waals surface area contributed by atoms with Crippen molar-refractivity contribution < 1.29 is 5.21 Å². The molecule has 0 atom stereocenters. The molecule has 1 aliphatic rings. The quantitative estimate of drug-likeness (QED) is 0.508. The molecular formula is C7H10N2O. The second-order valence-corrected chi connectivity index (χ2v) is 2.56. The van der Waals surface area contributed by atoms with E-state index in [4.69, 9.17) is 0 Å². The van der Waals surface area contributed by atoms with Crippen LogP contribution in [0.4, 0.5) is 0 Å². The molecule has 0 aromatic carbocycles. The molecule has 1 aromatic rings. The van der Waals surface area contributed by atoms with Crippen LogP contribution in [0.5, 0.6) is 0 Å². The van der Waals surface area contributed by atoms with Crippen molar-refractivity contribution in [1.29, 1.82) is 0 Å². The number of fused-ring (bicyclic) bond motifs is 1. The van der Waals surface area contributed by atoms with Gasteiger partial charge in [-0.05, 0) is 24.6 Å². The summed E-state index contributed by atoms with van der Waals surface area (Å²) >= 11 is 0. The molecule has 0 aliphatic carbocycles. The molecule has 10 heavy (non-hydrogen) atoms. The van der Waals surface area contributed by atoms with Gasteiger partial charge in [0.1, 0.15) is 0 Å². The van der Waals surface area contributed by atoms with Gasteiger partial charge in [-0.1, -0.05) is 0 Å². The van der Waals surface area contributed by atoms with E-state index in [0.29, 0.717) is 0 Å². The van der Waals surface area contributed by atoms with Crippen LogP contribution in [-0.4, -0.2) is 16.5 Å². The number of hydrogen-bond donors (Lipinski definition) is 2. The summed E-state index contributed by atoms with van der Waals surface area (Å²) in [5, 5.41) is 12.4. The lowest BCUT2D eigenvalue weighted by molar-refractivity contribution is 0.175. The van der Waals surface area contributed by atoms with Crippen LogP contribution in [0.25, 0.3) is 0 Å². The van der Waals surface area contributed by atoms with E-state index in [1.807, 2.05) is 6.07 Å². The zero-order chi connectivity index (χ0) is 6.97. The molecule has 2 heterocycles. The molecule has 0 fully saturated rings. The first kappa shape index (κ1) is 5.80. The predicted octanol–water partition coefficient (Wildman–Crippen LogP) is 0.371. The lowest BCUT2D eigenvalue weighted by Crippen LogP contribution is -2.24. The summed E-state index contributed by atoms with van der Waals surface area (Å²) in [5.41, 5.74) is 2.27. The highest BCUT2D eigenvalue weighted by Gasteiger charge is 2.11. The van der Waals surface area contributed by atoms with Crippen LogP contribution in [0.15, 0.2) is 12.3 Å². The summed E-state index contributed by atoms with van der Waals surface area (Å²) in [6.45, 7) is 1.82. The van der Waals surface area contributed by atoms with Crippen molar-refractivity contribution in [3.8, 4) is 0 Å². The Kier molecular flexibility index (Phi) is 1.17. The largest absolute Gasteiger partial charge is 0.429 e. The fourth-order valence-corrected chi connectivity index (χ4v) is 1.35. The minimum Gasteiger partial charge on any atom is -0.429 e. The Bertz CT molecular complexity index is 242. The van der Waals surface area contributed by atoms with E-state index in [2.05, 4.69) is 5.32 Å². The maximum Gasteiger partial charge on any atom is 0.0737 e. The van der Waals surface area contributed by atoms with Crippen LogP contribution in [0.1, 0.15) is 11.3 Å². The maximum atomic E-state index is 9.17. The van der Waals surface area contributed by atoms with Crippen molar-refractivity contribution in [2.75, 3.05) is 6.54 Å². The molecule has 54 valence electrons. The molecule has 0 unspecified atom stereocenters. The second kappa shape index (κ2) is 2.02. The van der Waals surface area contributed by atoms with Crippen molar-refractivity contribution in [2.24, 2.45) is 0 Å². The number of aromatic nitrogens is 1. The normalized spacial score (nSPS) is 16.8. The topological polar surface area (TPSA) is 37.2 Å². The molecule has 1 aliphatic heterocycles. The standard InChI is InChI=1S/C7H10N2O/c10-9-4-2-6-1-3-8-5-7(6)9/h2,4,8,10H,1,3,5H2.